The van der Waals surface area contributed by atoms with Gasteiger partial charge in [-0.1, -0.05) is 6.92 Å². The van der Waals surface area contributed by atoms with Gasteiger partial charge < -0.3 is 10.1 Å². The van der Waals surface area contributed by atoms with Gasteiger partial charge in [0.15, 0.2) is 0 Å². The zero-order valence-electron chi connectivity index (χ0n) is 11.0. The predicted octanol–water partition coefficient (Wildman–Crippen LogP) is -0.0468. The molecule has 0 amide bonds. The molecular formula is C11H22N2O4S. The first kappa shape index (κ1) is 15.4. The van der Waals surface area contributed by atoms with E-state index in [4.69, 9.17) is 0 Å². The van der Waals surface area contributed by atoms with Crippen molar-refractivity contribution in [2.24, 2.45) is 0 Å². The summed E-state index contributed by atoms with van der Waals surface area (Å²) in [6.07, 6.45) is 1.77. The van der Waals surface area contributed by atoms with Crippen molar-refractivity contribution in [3.63, 3.8) is 0 Å². The second-order valence-electron chi connectivity index (χ2n) is 4.35. The average molecular weight is 278 g/mol. The van der Waals surface area contributed by atoms with Gasteiger partial charge >= 0.3 is 5.97 Å². The van der Waals surface area contributed by atoms with E-state index in [-0.39, 0.29) is 18.2 Å². The van der Waals surface area contributed by atoms with Gasteiger partial charge in [-0.25, -0.2) is 8.42 Å². The average Bonchev–Trinajstić information content (AvgIpc) is 2.38. The van der Waals surface area contributed by atoms with Crippen LogP contribution in [0.3, 0.4) is 0 Å². The highest BCUT2D eigenvalue weighted by Gasteiger charge is 2.29. The fraction of sp³-hybridized carbons (Fsp3) is 0.909. The van der Waals surface area contributed by atoms with Crippen LogP contribution in [0, 0.1) is 0 Å². The lowest BCUT2D eigenvalue weighted by Crippen LogP contribution is -2.49. The van der Waals surface area contributed by atoms with Crippen LogP contribution in [-0.4, -0.2) is 57.2 Å². The molecule has 0 saturated carbocycles. The first-order valence-electron chi connectivity index (χ1n) is 6.28. The van der Waals surface area contributed by atoms with Crippen molar-refractivity contribution in [1.82, 2.24) is 9.62 Å². The maximum atomic E-state index is 12.2. The minimum absolute atomic E-state index is 0.00592. The molecule has 1 N–H and O–H groups in total. The number of carbonyl (C=O) groups excluding carboxylic acids is 1. The largest absolute Gasteiger partial charge is 0.469 e. The van der Waals surface area contributed by atoms with Crippen molar-refractivity contribution < 1.29 is 17.9 Å². The van der Waals surface area contributed by atoms with Crippen LogP contribution in [0.2, 0.25) is 0 Å². The minimum atomic E-state index is -3.38. The molecule has 1 aliphatic heterocycles. The van der Waals surface area contributed by atoms with Crippen molar-refractivity contribution in [2.45, 2.75) is 32.2 Å². The topological polar surface area (TPSA) is 75.7 Å². The third kappa shape index (κ3) is 4.22. The summed E-state index contributed by atoms with van der Waals surface area (Å²) < 4.78 is 30.3. The van der Waals surface area contributed by atoms with Crippen LogP contribution in [0.15, 0.2) is 0 Å². The summed E-state index contributed by atoms with van der Waals surface area (Å²) in [6.45, 7) is 3.89. The molecule has 1 fully saturated rings. The molecule has 0 radical (unpaired) electrons. The Hall–Kier alpha value is -0.660. The lowest BCUT2D eigenvalue weighted by Gasteiger charge is -2.32. The number of piperidine rings is 1. The van der Waals surface area contributed by atoms with Crippen molar-refractivity contribution in [2.75, 3.05) is 32.5 Å². The van der Waals surface area contributed by atoms with Gasteiger partial charge in [-0.05, 0) is 19.4 Å². The Morgan fingerprint density at radius 1 is 1.50 bits per heavy atom. The first-order chi connectivity index (χ1) is 8.51. The summed E-state index contributed by atoms with van der Waals surface area (Å²) in [7, 11) is -2.12. The number of sulfonamides is 1. The van der Waals surface area contributed by atoms with E-state index in [0.717, 1.165) is 19.4 Å². The number of rotatable bonds is 6. The molecule has 1 unspecified atom stereocenters. The SMILES string of the molecule is CCN(C1CCCNC1)S(=O)(=O)CCC(=O)OC. The van der Waals surface area contributed by atoms with E-state index in [9.17, 15) is 13.2 Å². The molecule has 1 rings (SSSR count). The van der Waals surface area contributed by atoms with E-state index in [1.54, 1.807) is 0 Å². The number of hydrogen-bond acceptors (Lipinski definition) is 5. The van der Waals surface area contributed by atoms with Crippen LogP contribution in [0.4, 0.5) is 0 Å². The Morgan fingerprint density at radius 2 is 2.22 bits per heavy atom. The van der Waals surface area contributed by atoms with E-state index >= 15 is 0 Å². The lowest BCUT2D eigenvalue weighted by molar-refractivity contribution is -0.140. The zero-order chi connectivity index (χ0) is 13.6. The van der Waals surface area contributed by atoms with E-state index < -0.39 is 16.0 Å². The molecule has 0 aromatic rings. The standard InChI is InChI=1S/C11H22N2O4S/c1-3-13(10-5-4-7-12-9-10)18(15,16)8-6-11(14)17-2/h10,12H,3-9H2,1-2H3. The fourth-order valence-electron chi connectivity index (χ4n) is 2.19. The molecule has 1 saturated heterocycles. The first-order valence-corrected chi connectivity index (χ1v) is 7.89. The molecule has 0 bridgehead atoms. The Balaban J connectivity index is 2.63. The summed E-state index contributed by atoms with van der Waals surface area (Å²) in [5.74, 6) is -0.666. The molecule has 1 atom stereocenters. The van der Waals surface area contributed by atoms with Gasteiger partial charge in [0.05, 0.1) is 19.3 Å². The molecule has 7 heteroatoms. The van der Waals surface area contributed by atoms with Crippen LogP contribution in [0.5, 0.6) is 0 Å². The number of nitrogens with zero attached hydrogens (tertiary/aromatic N) is 1. The highest BCUT2D eigenvalue weighted by Crippen LogP contribution is 2.15. The number of hydrogen-bond donors (Lipinski definition) is 1. The van der Waals surface area contributed by atoms with E-state index in [0.29, 0.717) is 13.1 Å². The monoisotopic (exact) mass is 278 g/mol. The van der Waals surface area contributed by atoms with Crippen molar-refractivity contribution in [3.05, 3.63) is 0 Å². The highest BCUT2D eigenvalue weighted by atomic mass is 32.2. The summed E-state index contributed by atoms with van der Waals surface area (Å²) in [4.78, 5) is 11.0. The van der Waals surface area contributed by atoms with Crippen LogP contribution in [0.25, 0.3) is 0 Å². The van der Waals surface area contributed by atoms with E-state index in [2.05, 4.69) is 10.1 Å². The molecule has 106 valence electrons. The molecular weight excluding hydrogens is 256 g/mol. The van der Waals surface area contributed by atoms with E-state index in [1.807, 2.05) is 6.92 Å². The Bertz CT molecular complexity index is 363. The Morgan fingerprint density at radius 3 is 2.72 bits per heavy atom. The highest BCUT2D eigenvalue weighted by molar-refractivity contribution is 7.89. The molecule has 0 spiro atoms. The number of methoxy groups -OCH3 is 1. The predicted molar refractivity (Wildman–Crippen MR) is 68.7 cm³/mol. The van der Waals surface area contributed by atoms with Gasteiger partial charge in [0.1, 0.15) is 0 Å². The maximum Gasteiger partial charge on any atom is 0.306 e. The second kappa shape index (κ2) is 7.06. The van der Waals surface area contributed by atoms with Gasteiger partial charge in [0, 0.05) is 19.1 Å². The molecule has 1 heterocycles. The lowest BCUT2D eigenvalue weighted by atomic mass is 10.1. The molecule has 0 aliphatic carbocycles. The fourth-order valence-corrected chi connectivity index (χ4v) is 3.88. The second-order valence-corrected chi connectivity index (χ2v) is 6.39. The summed E-state index contributed by atoms with van der Waals surface area (Å²) >= 11 is 0. The summed E-state index contributed by atoms with van der Waals surface area (Å²) in [5, 5.41) is 3.20. The molecule has 1 aliphatic rings. The van der Waals surface area contributed by atoms with Gasteiger partial charge in [0.25, 0.3) is 0 Å². The Kier molecular flexibility index (Phi) is 6.04. The molecule has 18 heavy (non-hydrogen) atoms. The van der Waals surface area contributed by atoms with Gasteiger partial charge in [-0.3, -0.25) is 4.79 Å². The van der Waals surface area contributed by atoms with Gasteiger partial charge in [0.2, 0.25) is 10.0 Å². The smallest absolute Gasteiger partial charge is 0.306 e. The molecule has 0 aromatic carbocycles. The summed E-state index contributed by atoms with van der Waals surface area (Å²) in [6, 6.07) is 0.00592. The van der Waals surface area contributed by atoms with Gasteiger partial charge in [-0.2, -0.15) is 4.31 Å². The van der Waals surface area contributed by atoms with Gasteiger partial charge in [-0.15, -0.1) is 0 Å². The van der Waals surface area contributed by atoms with Crippen LogP contribution < -0.4 is 5.32 Å². The zero-order valence-corrected chi connectivity index (χ0v) is 11.8. The van der Waals surface area contributed by atoms with Crippen molar-refractivity contribution in [3.8, 4) is 0 Å². The van der Waals surface area contributed by atoms with Crippen LogP contribution in [0.1, 0.15) is 26.2 Å². The number of nitrogens with one attached hydrogen (secondary N) is 1. The minimum Gasteiger partial charge on any atom is -0.469 e. The number of likely N-dealkylation sites (N-methyl/N-ethyl adjacent to an activating group) is 1. The van der Waals surface area contributed by atoms with Crippen LogP contribution in [-0.2, 0) is 19.6 Å². The van der Waals surface area contributed by atoms with Crippen LogP contribution >= 0.6 is 0 Å². The number of carbonyl (C=O) groups is 1. The molecule has 0 aromatic heterocycles. The van der Waals surface area contributed by atoms with Crippen molar-refractivity contribution in [1.29, 1.82) is 0 Å². The normalized spacial score (nSPS) is 20.9. The number of esters is 1. The summed E-state index contributed by atoms with van der Waals surface area (Å²) in [5.41, 5.74) is 0. The maximum absolute atomic E-state index is 12.2. The third-order valence-electron chi connectivity index (χ3n) is 3.14. The quantitative estimate of drug-likeness (QED) is 0.690. The van der Waals surface area contributed by atoms with Crippen molar-refractivity contribution >= 4 is 16.0 Å². The third-order valence-corrected chi connectivity index (χ3v) is 5.13. The molecule has 6 nitrogen and oxygen atoms in total. The van der Waals surface area contributed by atoms with E-state index in [1.165, 1.54) is 11.4 Å². The Labute approximate surface area is 109 Å². The number of ether oxygens (including phenoxy) is 1.